The summed E-state index contributed by atoms with van der Waals surface area (Å²) in [7, 11) is 0. The Morgan fingerprint density at radius 3 is 2.84 bits per heavy atom. The second kappa shape index (κ2) is 4.89. The van der Waals surface area contributed by atoms with Gasteiger partial charge in [0.15, 0.2) is 0 Å². The Balaban J connectivity index is 1.83. The highest BCUT2D eigenvalue weighted by Gasteiger charge is 2.20. The van der Waals surface area contributed by atoms with Gasteiger partial charge in [-0.1, -0.05) is 31.3 Å². The molecule has 2 heterocycles. The van der Waals surface area contributed by atoms with E-state index in [-0.39, 0.29) is 5.82 Å². The lowest BCUT2D eigenvalue weighted by atomic mass is 10.0. The molecule has 3 rings (SSSR count). The van der Waals surface area contributed by atoms with Gasteiger partial charge in [-0.05, 0) is 29.7 Å². The SMILES string of the molecule is CC(C)c1nnc(N2CCc3cc(F)ccc3C2)s1. The highest BCUT2D eigenvalue weighted by Crippen LogP contribution is 2.29. The van der Waals surface area contributed by atoms with Crippen LogP contribution < -0.4 is 4.90 Å². The van der Waals surface area contributed by atoms with Gasteiger partial charge < -0.3 is 4.90 Å². The maximum atomic E-state index is 13.2. The van der Waals surface area contributed by atoms with Gasteiger partial charge in [-0.3, -0.25) is 0 Å². The smallest absolute Gasteiger partial charge is 0.208 e. The molecule has 0 saturated heterocycles. The Morgan fingerprint density at radius 1 is 1.26 bits per heavy atom. The van der Waals surface area contributed by atoms with E-state index < -0.39 is 0 Å². The molecule has 0 bridgehead atoms. The monoisotopic (exact) mass is 277 g/mol. The third-order valence-corrected chi connectivity index (χ3v) is 4.66. The van der Waals surface area contributed by atoms with Gasteiger partial charge in [-0.15, -0.1) is 10.2 Å². The molecule has 0 saturated carbocycles. The van der Waals surface area contributed by atoms with Crippen LogP contribution in [0.5, 0.6) is 0 Å². The molecule has 0 radical (unpaired) electrons. The van der Waals surface area contributed by atoms with E-state index in [1.807, 2.05) is 6.07 Å². The van der Waals surface area contributed by atoms with E-state index in [1.165, 1.54) is 11.6 Å². The first kappa shape index (κ1) is 12.5. The Labute approximate surface area is 116 Å². The summed E-state index contributed by atoms with van der Waals surface area (Å²) in [5, 5.41) is 10.5. The molecule has 19 heavy (non-hydrogen) atoms. The van der Waals surface area contributed by atoms with Crippen LogP contribution in [0.3, 0.4) is 0 Å². The number of aromatic nitrogens is 2. The van der Waals surface area contributed by atoms with Crippen LogP contribution in [0.2, 0.25) is 0 Å². The molecule has 0 spiro atoms. The number of nitrogens with zero attached hydrogens (tertiary/aromatic N) is 3. The van der Waals surface area contributed by atoms with Crippen LogP contribution in [0.4, 0.5) is 9.52 Å². The molecule has 5 heteroatoms. The molecule has 0 amide bonds. The van der Waals surface area contributed by atoms with E-state index >= 15 is 0 Å². The van der Waals surface area contributed by atoms with Crippen molar-refractivity contribution in [1.29, 1.82) is 0 Å². The van der Waals surface area contributed by atoms with Crippen LogP contribution in [0.15, 0.2) is 18.2 Å². The lowest BCUT2D eigenvalue weighted by Crippen LogP contribution is -2.30. The van der Waals surface area contributed by atoms with Crippen molar-refractivity contribution in [2.75, 3.05) is 11.4 Å². The van der Waals surface area contributed by atoms with E-state index in [1.54, 1.807) is 17.4 Å². The third kappa shape index (κ3) is 2.47. The fourth-order valence-corrected chi connectivity index (χ4v) is 3.14. The number of hydrogen-bond donors (Lipinski definition) is 0. The molecule has 0 atom stereocenters. The molecule has 1 aliphatic rings. The predicted octanol–water partition coefficient (Wildman–Crippen LogP) is 3.36. The first-order valence-electron chi connectivity index (χ1n) is 6.49. The van der Waals surface area contributed by atoms with Crippen LogP contribution in [0.25, 0.3) is 0 Å². The molecule has 3 nitrogen and oxygen atoms in total. The summed E-state index contributed by atoms with van der Waals surface area (Å²) in [4.78, 5) is 2.23. The third-order valence-electron chi connectivity index (χ3n) is 3.37. The summed E-state index contributed by atoms with van der Waals surface area (Å²) in [6.45, 7) is 5.92. The van der Waals surface area contributed by atoms with Crippen molar-refractivity contribution >= 4 is 16.5 Å². The minimum atomic E-state index is -0.148. The summed E-state index contributed by atoms with van der Waals surface area (Å²) < 4.78 is 13.2. The molecule has 100 valence electrons. The average Bonchev–Trinajstić information content (AvgIpc) is 2.88. The fraction of sp³-hybridized carbons (Fsp3) is 0.429. The maximum Gasteiger partial charge on any atom is 0.208 e. The van der Waals surface area contributed by atoms with Crippen LogP contribution in [0, 0.1) is 5.82 Å². The van der Waals surface area contributed by atoms with Crippen molar-refractivity contribution in [3.05, 3.63) is 40.2 Å². The Morgan fingerprint density at radius 2 is 2.11 bits per heavy atom. The molecular formula is C14H16FN3S. The summed E-state index contributed by atoms with van der Waals surface area (Å²) >= 11 is 1.65. The number of halogens is 1. The van der Waals surface area contributed by atoms with Crippen molar-refractivity contribution in [3.8, 4) is 0 Å². The molecule has 0 fully saturated rings. The average molecular weight is 277 g/mol. The van der Waals surface area contributed by atoms with E-state index in [4.69, 9.17) is 0 Å². The molecule has 1 aliphatic heterocycles. The van der Waals surface area contributed by atoms with E-state index in [0.717, 1.165) is 35.2 Å². The summed E-state index contributed by atoms with van der Waals surface area (Å²) in [6.07, 6.45) is 0.865. The molecule has 0 N–H and O–H groups in total. The van der Waals surface area contributed by atoms with Crippen molar-refractivity contribution in [2.24, 2.45) is 0 Å². The van der Waals surface area contributed by atoms with Crippen molar-refractivity contribution in [1.82, 2.24) is 10.2 Å². The highest BCUT2D eigenvalue weighted by molar-refractivity contribution is 7.15. The summed E-state index contributed by atoms with van der Waals surface area (Å²) in [6, 6.07) is 5.05. The second-order valence-electron chi connectivity index (χ2n) is 5.16. The van der Waals surface area contributed by atoms with Gasteiger partial charge in [0.2, 0.25) is 5.13 Å². The van der Waals surface area contributed by atoms with Crippen LogP contribution >= 0.6 is 11.3 Å². The number of rotatable bonds is 2. The van der Waals surface area contributed by atoms with Crippen LogP contribution in [-0.4, -0.2) is 16.7 Å². The first-order valence-corrected chi connectivity index (χ1v) is 7.31. The molecule has 2 aromatic rings. The van der Waals surface area contributed by atoms with Gasteiger partial charge in [0, 0.05) is 19.0 Å². The number of benzene rings is 1. The zero-order valence-electron chi connectivity index (χ0n) is 11.1. The molecule has 0 aliphatic carbocycles. The topological polar surface area (TPSA) is 29.0 Å². The summed E-state index contributed by atoms with van der Waals surface area (Å²) in [5.74, 6) is 0.266. The van der Waals surface area contributed by atoms with E-state index in [2.05, 4.69) is 28.9 Å². The van der Waals surface area contributed by atoms with Gasteiger partial charge in [0.05, 0.1) is 0 Å². The molecule has 0 unspecified atom stereocenters. The Bertz CT molecular complexity index is 594. The minimum Gasteiger partial charge on any atom is -0.342 e. The second-order valence-corrected chi connectivity index (χ2v) is 6.15. The van der Waals surface area contributed by atoms with Crippen LogP contribution in [0.1, 0.15) is 35.9 Å². The fourth-order valence-electron chi connectivity index (χ4n) is 2.27. The zero-order chi connectivity index (χ0) is 13.4. The normalized spacial score (nSPS) is 14.8. The maximum absolute atomic E-state index is 13.2. The minimum absolute atomic E-state index is 0.148. The number of hydrogen-bond acceptors (Lipinski definition) is 4. The lowest BCUT2D eigenvalue weighted by Gasteiger charge is -2.28. The highest BCUT2D eigenvalue weighted by atomic mass is 32.1. The van der Waals surface area contributed by atoms with Crippen molar-refractivity contribution in [3.63, 3.8) is 0 Å². The quantitative estimate of drug-likeness (QED) is 0.843. The molecule has 1 aromatic heterocycles. The number of anilines is 1. The molecule has 1 aromatic carbocycles. The lowest BCUT2D eigenvalue weighted by molar-refractivity contribution is 0.619. The Kier molecular flexibility index (Phi) is 3.22. The predicted molar refractivity (Wildman–Crippen MR) is 75.2 cm³/mol. The van der Waals surface area contributed by atoms with Crippen LogP contribution in [-0.2, 0) is 13.0 Å². The van der Waals surface area contributed by atoms with Crippen molar-refractivity contribution < 1.29 is 4.39 Å². The van der Waals surface area contributed by atoms with Crippen molar-refractivity contribution in [2.45, 2.75) is 32.7 Å². The van der Waals surface area contributed by atoms with E-state index in [0.29, 0.717) is 5.92 Å². The molecular weight excluding hydrogens is 261 g/mol. The van der Waals surface area contributed by atoms with Gasteiger partial charge in [-0.2, -0.15) is 0 Å². The Hall–Kier alpha value is -1.49. The standard InChI is InChI=1S/C14H16FN3S/c1-9(2)13-16-17-14(19-13)18-6-5-10-7-12(15)4-3-11(10)8-18/h3-4,7,9H,5-6,8H2,1-2H3. The van der Waals surface area contributed by atoms with Gasteiger partial charge in [0.25, 0.3) is 0 Å². The van der Waals surface area contributed by atoms with Gasteiger partial charge >= 0.3 is 0 Å². The zero-order valence-corrected chi connectivity index (χ0v) is 11.9. The summed E-state index contributed by atoms with van der Waals surface area (Å²) in [5.41, 5.74) is 2.30. The van der Waals surface area contributed by atoms with E-state index in [9.17, 15) is 4.39 Å². The first-order chi connectivity index (χ1) is 9.13. The number of fused-ring (bicyclic) bond motifs is 1. The largest absolute Gasteiger partial charge is 0.342 e. The van der Waals surface area contributed by atoms with Gasteiger partial charge in [-0.25, -0.2) is 4.39 Å². The van der Waals surface area contributed by atoms with Gasteiger partial charge in [0.1, 0.15) is 10.8 Å².